The molecule has 0 saturated heterocycles. The van der Waals surface area contributed by atoms with Crippen LogP contribution in [0.4, 0.5) is 11.4 Å². The number of nitrogen functional groups attached to an aromatic ring is 1. The highest BCUT2D eigenvalue weighted by Crippen LogP contribution is 2.16. The summed E-state index contributed by atoms with van der Waals surface area (Å²) in [5.74, 6) is -0.125. The Labute approximate surface area is 125 Å². The number of carbonyl (C=O) groups is 1. The molecule has 0 aliphatic carbocycles. The Balaban J connectivity index is 2.13. The van der Waals surface area contributed by atoms with Gasteiger partial charge < -0.3 is 16.0 Å². The zero-order valence-corrected chi connectivity index (χ0v) is 12.7. The first-order chi connectivity index (χ1) is 9.95. The molecule has 1 amide bonds. The highest BCUT2D eigenvalue weighted by molar-refractivity contribution is 6.04. The Bertz CT molecular complexity index is 650. The lowest BCUT2D eigenvalue weighted by molar-refractivity contribution is 0.102. The summed E-state index contributed by atoms with van der Waals surface area (Å²) in [4.78, 5) is 14.3. The van der Waals surface area contributed by atoms with Gasteiger partial charge in [-0.2, -0.15) is 0 Å². The number of hydrogen-bond acceptors (Lipinski definition) is 3. The Morgan fingerprint density at radius 2 is 1.95 bits per heavy atom. The highest BCUT2D eigenvalue weighted by atomic mass is 16.1. The van der Waals surface area contributed by atoms with Gasteiger partial charge in [0.25, 0.3) is 5.91 Å². The SMILES string of the molecule is Cc1cc(C(=O)Nc2cccc(CN(C)C)c2)ccc1N. The van der Waals surface area contributed by atoms with Crippen molar-refractivity contribution in [1.29, 1.82) is 0 Å². The smallest absolute Gasteiger partial charge is 0.255 e. The molecule has 4 heteroatoms. The summed E-state index contributed by atoms with van der Waals surface area (Å²) in [6.45, 7) is 2.73. The fourth-order valence-corrected chi connectivity index (χ4v) is 2.13. The van der Waals surface area contributed by atoms with E-state index in [9.17, 15) is 4.79 Å². The molecule has 0 atom stereocenters. The van der Waals surface area contributed by atoms with Crippen LogP contribution in [0.5, 0.6) is 0 Å². The van der Waals surface area contributed by atoms with E-state index in [4.69, 9.17) is 5.73 Å². The van der Waals surface area contributed by atoms with E-state index in [0.29, 0.717) is 11.3 Å². The van der Waals surface area contributed by atoms with Gasteiger partial charge in [-0.15, -0.1) is 0 Å². The Hall–Kier alpha value is -2.33. The van der Waals surface area contributed by atoms with Crippen LogP contribution in [0, 0.1) is 6.92 Å². The largest absolute Gasteiger partial charge is 0.399 e. The molecule has 0 saturated carbocycles. The van der Waals surface area contributed by atoms with Crippen LogP contribution >= 0.6 is 0 Å². The summed E-state index contributed by atoms with van der Waals surface area (Å²) >= 11 is 0. The lowest BCUT2D eigenvalue weighted by Gasteiger charge is -2.12. The highest BCUT2D eigenvalue weighted by Gasteiger charge is 2.08. The summed E-state index contributed by atoms with van der Waals surface area (Å²) in [7, 11) is 4.03. The van der Waals surface area contributed by atoms with Crippen molar-refractivity contribution in [3.05, 3.63) is 59.2 Å². The molecule has 2 aromatic carbocycles. The second-order valence-corrected chi connectivity index (χ2v) is 5.46. The fourth-order valence-electron chi connectivity index (χ4n) is 2.13. The Morgan fingerprint density at radius 1 is 1.19 bits per heavy atom. The number of hydrogen-bond donors (Lipinski definition) is 2. The summed E-state index contributed by atoms with van der Waals surface area (Å²) in [5, 5.41) is 2.92. The van der Waals surface area contributed by atoms with Gasteiger partial charge in [-0.25, -0.2) is 0 Å². The third-order valence-corrected chi connectivity index (χ3v) is 3.22. The van der Waals surface area contributed by atoms with Crippen molar-refractivity contribution in [2.75, 3.05) is 25.1 Å². The molecular formula is C17H21N3O. The van der Waals surface area contributed by atoms with Crippen LogP contribution in [0.15, 0.2) is 42.5 Å². The molecule has 0 bridgehead atoms. The van der Waals surface area contributed by atoms with Crippen molar-refractivity contribution in [2.45, 2.75) is 13.5 Å². The number of nitrogens with two attached hydrogens (primary N) is 1. The predicted molar refractivity (Wildman–Crippen MR) is 87.4 cm³/mol. The number of carbonyl (C=O) groups excluding carboxylic acids is 1. The molecule has 0 spiro atoms. The number of benzene rings is 2. The van der Waals surface area contributed by atoms with Crippen LogP contribution in [0.3, 0.4) is 0 Å². The number of nitrogens with one attached hydrogen (secondary N) is 1. The molecule has 0 aromatic heterocycles. The third kappa shape index (κ3) is 4.07. The van der Waals surface area contributed by atoms with E-state index in [0.717, 1.165) is 23.4 Å². The number of aryl methyl sites for hydroxylation is 1. The molecule has 2 rings (SSSR count). The summed E-state index contributed by atoms with van der Waals surface area (Å²) in [5.41, 5.74) is 9.94. The average molecular weight is 283 g/mol. The molecule has 0 unspecified atom stereocenters. The van der Waals surface area contributed by atoms with Crippen LogP contribution in [-0.2, 0) is 6.54 Å². The molecule has 2 aromatic rings. The molecule has 3 N–H and O–H groups in total. The maximum atomic E-state index is 12.2. The van der Waals surface area contributed by atoms with E-state index in [1.165, 1.54) is 0 Å². The van der Waals surface area contributed by atoms with E-state index >= 15 is 0 Å². The van der Waals surface area contributed by atoms with Gasteiger partial charge in [0.15, 0.2) is 0 Å². The van der Waals surface area contributed by atoms with Gasteiger partial charge in [0.05, 0.1) is 0 Å². The molecule has 0 aliphatic heterocycles. The molecule has 21 heavy (non-hydrogen) atoms. The van der Waals surface area contributed by atoms with Gasteiger partial charge >= 0.3 is 0 Å². The molecule has 0 aliphatic rings. The first-order valence-electron chi connectivity index (χ1n) is 6.87. The lowest BCUT2D eigenvalue weighted by atomic mass is 10.1. The average Bonchev–Trinajstić information content (AvgIpc) is 2.41. The summed E-state index contributed by atoms with van der Waals surface area (Å²) in [6.07, 6.45) is 0. The molecule has 0 fully saturated rings. The van der Waals surface area contributed by atoms with E-state index < -0.39 is 0 Å². The van der Waals surface area contributed by atoms with Gasteiger partial charge in [-0.05, 0) is 62.5 Å². The zero-order valence-electron chi connectivity index (χ0n) is 12.7. The van der Waals surface area contributed by atoms with Crippen LogP contribution in [-0.4, -0.2) is 24.9 Å². The minimum atomic E-state index is -0.125. The topological polar surface area (TPSA) is 58.4 Å². The maximum Gasteiger partial charge on any atom is 0.255 e. The molecule has 0 radical (unpaired) electrons. The molecule has 0 heterocycles. The zero-order chi connectivity index (χ0) is 15.4. The minimum Gasteiger partial charge on any atom is -0.399 e. The van der Waals surface area contributed by atoms with E-state index in [2.05, 4.69) is 10.2 Å². The third-order valence-electron chi connectivity index (χ3n) is 3.22. The van der Waals surface area contributed by atoms with Crippen LogP contribution in [0.1, 0.15) is 21.5 Å². The number of nitrogens with zero attached hydrogens (tertiary/aromatic N) is 1. The second kappa shape index (κ2) is 6.41. The lowest BCUT2D eigenvalue weighted by Crippen LogP contribution is -2.14. The van der Waals surface area contributed by atoms with Gasteiger partial charge in [-0.3, -0.25) is 4.79 Å². The Kier molecular flexibility index (Phi) is 4.60. The van der Waals surface area contributed by atoms with Crippen molar-refractivity contribution in [2.24, 2.45) is 0 Å². The number of anilines is 2. The first-order valence-corrected chi connectivity index (χ1v) is 6.87. The van der Waals surface area contributed by atoms with Crippen molar-refractivity contribution >= 4 is 17.3 Å². The maximum absolute atomic E-state index is 12.2. The van der Waals surface area contributed by atoms with Gasteiger partial charge in [-0.1, -0.05) is 12.1 Å². The van der Waals surface area contributed by atoms with Gasteiger partial charge in [0, 0.05) is 23.5 Å². The monoisotopic (exact) mass is 283 g/mol. The normalized spacial score (nSPS) is 10.7. The first kappa shape index (κ1) is 15.1. The van der Waals surface area contributed by atoms with Crippen molar-refractivity contribution in [1.82, 2.24) is 4.90 Å². The van der Waals surface area contributed by atoms with Crippen molar-refractivity contribution < 1.29 is 4.79 Å². The summed E-state index contributed by atoms with van der Waals surface area (Å²) in [6, 6.07) is 13.2. The molecule has 4 nitrogen and oxygen atoms in total. The van der Waals surface area contributed by atoms with Gasteiger partial charge in [0.2, 0.25) is 0 Å². The minimum absolute atomic E-state index is 0.125. The standard InChI is InChI=1S/C17H21N3O/c1-12-9-14(7-8-16(12)18)17(21)19-15-6-4-5-13(10-15)11-20(2)3/h4-10H,11,18H2,1-3H3,(H,19,21). The van der Waals surface area contributed by atoms with Crippen LogP contribution in [0.25, 0.3) is 0 Å². The predicted octanol–water partition coefficient (Wildman–Crippen LogP) is 2.89. The quantitative estimate of drug-likeness (QED) is 0.848. The van der Waals surface area contributed by atoms with Crippen LogP contribution < -0.4 is 11.1 Å². The Morgan fingerprint density at radius 3 is 2.62 bits per heavy atom. The molecule has 110 valence electrons. The van der Waals surface area contributed by atoms with E-state index in [1.807, 2.05) is 45.3 Å². The number of amides is 1. The second-order valence-electron chi connectivity index (χ2n) is 5.46. The molecular weight excluding hydrogens is 262 g/mol. The van der Waals surface area contributed by atoms with Crippen molar-refractivity contribution in [3.63, 3.8) is 0 Å². The fraction of sp³-hybridized carbons (Fsp3) is 0.235. The van der Waals surface area contributed by atoms with Gasteiger partial charge in [0.1, 0.15) is 0 Å². The number of rotatable bonds is 4. The van der Waals surface area contributed by atoms with E-state index in [-0.39, 0.29) is 5.91 Å². The van der Waals surface area contributed by atoms with Crippen molar-refractivity contribution in [3.8, 4) is 0 Å². The van der Waals surface area contributed by atoms with Crippen LogP contribution in [0.2, 0.25) is 0 Å². The van der Waals surface area contributed by atoms with E-state index in [1.54, 1.807) is 18.2 Å². The summed E-state index contributed by atoms with van der Waals surface area (Å²) < 4.78 is 0.